The molecule has 0 aliphatic carbocycles. The van der Waals surface area contributed by atoms with Crippen molar-refractivity contribution in [3.05, 3.63) is 17.2 Å². The van der Waals surface area contributed by atoms with E-state index in [2.05, 4.69) is 22.1 Å². The number of piperidine rings is 1. The number of halogens is 1. The van der Waals surface area contributed by atoms with Crippen LogP contribution in [0.25, 0.3) is 0 Å². The molecule has 1 aliphatic heterocycles. The lowest BCUT2D eigenvalue weighted by Crippen LogP contribution is -2.37. The van der Waals surface area contributed by atoms with Gasteiger partial charge in [-0.15, -0.1) is 0 Å². The van der Waals surface area contributed by atoms with Gasteiger partial charge >= 0.3 is 0 Å². The van der Waals surface area contributed by atoms with Crippen molar-refractivity contribution in [2.24, 2.45) is 13.0 Å². The van der Waals surface area contributed by atoms with Crippen LogP contribution in [0.2, 0.25) is 5.15 Å². The molecule has 108 valence electrons. The van der Waals surface area contributed by atoms with Gasteiger partial charge in [-0.3, -0.25) is 4.90 Å². The molecule has 19 heavy (non-hydrogen) atoms. The summed E-state index contributed by atoms with van der Waals surface area (Å²) in [5.41, 5.74) is 0. The van der Waals surface area contributed by atoms with E-state index >= 15 is 0 Å². The molecule has 0 radical (unpaired) electrons. The summed E-state index contributed by atoms with van der Waals surface area (Å²) >= 11 is 6.01. The highest BCUT2D eigenvalue weighted by Crippen LogP contribution is 2.19. The van der Waals surface area contributed by atoms with Crippen LogP contribution >= 0.6 is 11.6 Å². The number of hydrogen-bond donors (Lipinski definition) is 1. The van der Waals surface area contributed by atoms with E-state index in [0.717, 1.165) is 24.8 Å². The molecule has 1 saturated heterocycles. The van der Waals surface area contributed by atoms with Crippen LogP contribution in [0.5, 0.6) is 0 Å². The lowest BCUT2D eigenvalue weighted by molar-refractivity contribution is 0.171. The maximum atomic E-state index is 6.01. The smallest absolute Gasteiger partial charge is 0.128 e. The minimum atomic E-state index is 0.716. The Morgan fingerprint density at radius 2 is 2.16 bits per heavy atom. The van der Waals surface area contributed by atoms with Gasteiger partial charge in [-0.1, -0.05) is 18.5 Å². The summed E-state index contributed by atoms with van der Waals surface area (Å²) in [5.74, 6) is 1.90. The molecule has 0 unspecified atom stereocenters. The topological polar surface area (TPSA) is 33.1 Å². The fourth-order valence-corrected chi connectivity index (χ4v) is 2.75. The van der Waals surface area contributed by atoms with Gasteiger partial charge in [-0.05, 0) is 51.4 Å². The standard InChI is InChI=1S/C14H25ClN4/c1-3-6-16-9-12-4-7-19(8-5-12)11-14-17-10-13(15)18(14)2/h10,12,16H,3-9,11H2,1-2H3. The Bertz CT molecular complexity index is 383. The molecular formula is C14H25ClN4. The van der Waals surface area contributed by atoms with Crippen LogP contribution in [0.15, 0.2) is 6.20 Å². The van der Waals surface area contributed by atoms with E-state index in [1.54, 1.807) is 6.20 Å². The molecule has 1 fully saturated rings. The van der Waals surface area contributed by atoms with Gasteiger partial charge in [0, 0.05) is 7.05 Å². The summed E-state index contributed by atoms with van der Waals surface area (Å²) in [4.78, 5) is 6.85. The van der Waals surface area contributed by atoms with E-state index in [9.17, 15) is 0 Å². The molecule has 0 spiro atoms. The molecular weight excluding hydrogens is 260 g/mol. The zero-order valence-electron chi connectivity index (χ0n) is 12.0. The summed E-state index contributed by atoms with van der Waals surface area (Å²) in [6.45, 7) is 7.79. The van der Waals surface area contributed by atoms with E-state index in [0.29, 0.717) is 5.15 Å². The molecule has 2 rings (SSSR count). The third kappa shape index (κ3) is 4.20. The first kappa shape index (κ1) is 14.8. The first-order valence-electron chi connectivity index (χ1n) is 7.30. The van der Waals surface area contributed by atoms with E-state index in [1.165, 1.54) is 38.9 Å². The molecule has 1 aromatic heterocycles. The Hall–Kier alpha value is -0.580. The van der Waals surface area contributed by atoms with E-state index < -0.39 is 0 Å². The number of rotatable bonds is 6. The first-order chi connectivity index (χ1) is 9.20. The average molecular weight is 285 g/mol. The SMILES string of the molecule is CCCNCC1CCN(Cc2ncc(Cl)n2C)CC1. The third-order valence-corrected chi connectivity index (χ3v) is 4.31. The van der Waals surface area contributed by atoms with Crippen LogP contribution in [-0.2, 0) is 13.6 Å². The van der Waals surface area contributed by atoms with Crippen molar-refractivity contribution < 1.29 is 0 Å². The Kier molecular flexibility index (Phi) is 5.67. The summed E-state index contributed by atoms with van der Waals surface area (Å²) in [6.07, 6.45) is 5.53. The Labute approximate surface area is 121 Å². The molecule has 1 aliphatic rings. The van der Waals surface area contributed by atoms with Gasteiger partial charge in [-0.2, -0.15) is 0 Å². The molecule has 2 heterocycles. The van der Waals surface area contributed by atoms with Gasteiger partial charge in [0.1, 0.15) is 11.0 Å². The number of hydrogen-bond acceptors (Lipinski definition) is 3. The predicted octanol–water partition coefficient (Wildman–Crippen LogP) is 2.29. The van der Waals surface area contributed by atoms with Crippen molar-refractivity contribution in [1.29, 1.82) is 0 Å². The molecule has 0 aromatic carbocycles. The van der Waals surface area contributed by atoms with Crippen molar-refractivity contribution >= 4 is 11.6 Å². The second-order valence-electron chi connectivity index (χ2n) is 5.48. The van der Waals surface area contributed by atoms with E-state index in [1.807, 2.05) is 11.6 Å². The Morgan fingerprint density at radius 1 is 1.42 bits per heavy atom. The maximum Gasteiger partial charge on any atom is 0.128 e. The van der Waals surface area contributed by atoms with Crippen LogP contribution in [0.3, 0.4) is 0 Å². The third-order valence-electron chi connectivity index (χ3n) is 3.96. The highest BCUT2D eigenvalue weighted by Gasteiger charge is 2.20. The second kappa shape index (κ2) is 7.27. The lowest BCUT2D eigenvalue weighted by atomic mass is 9.97. The number of nitrogens with zero attached hydrogens (tertiary/aromatic N) is 3. The molecule has 1 N–H and O–H groups in total. The van der Waals surface area contributed by atoms with Gasteiger partial charge in [0.2, 0.25) is 0 Å². The highest BCUT2D eigenvalue weighted by molar-refractivity contribution is 6.29. The van der Waals surface area contributed by atoms with Crippen LogP contribution in [-0.4, -0.2) is 40.6 Å². The van der Waals surface area contributed by atoms with Crippen LogP contribution in [0.4, 0.5) is 0 Å². The number of imidazole rings is 1. The van der Waals surface area contributed by atoms with Crippen LogP contribution < -0.4 is 5.32 Å². The monoisotopic (exact) mass is 284 g/mol. The summed E-state index contributed by atoms with van der Waals surface area (Å²) < 4.78 is 1.97. The van der Waals surface area contributed by atoms with Gasteiger partial charge in [0.15, 0.2) is 0 Å². The minimum absolute atomic E-state index is 0.716. The molecule has 5 heteroatoms. The summed E-state index contributed by atoms with van der Waals surface area (Å²) in [5, 5.41) is 4.25. The van der Waals surface area contributed by atoms with Crippen molar-refractivity contribution in [2.75, 3.05) is 26.2 Å². The minimum Gasteiger partial charge on any atom is -0.321 e. The fourth-order valence-electron chi connectivity index (χ4n) is 2.60. The van der Waals surface area contributed by atoms with Gasteiger partial charge in [0.05, 0.1) is 12.7 Å². The fraction of sp³-hybridized carbons (Fsp3) is 0.786. The van der Waals surface area contributed by atoms with E-state index in [-0.39, 0.29) is 0 Å². The number of likely N-dealkylation sites (tertiary alicyclic amines) is 1. The molecule has 4 nitrogen and oxygen atoms in total. The predicted molar refractivity (Wildman–Crippen MR) is 79.4 cm³/mol. The average Bonchev–Trinajstić information content (AvgIpc) is 2.73. The van der Waals surface area contributed by atoms with E-state index in [4.69, 9.17) is 11.6 Å². The number of nitrogens with one attached hydrogen (secondary N) is 1. The van der Waals surface area contributed by atoms with Crippen molar-refractivity contribution in [3.8, 4) is 0 Å². The van der Waals surface area contributed by atoms with Crippen molar-refractivity contribution in [2.45, 2.75) is 32.7 Å². The normalized spacial score (nSPS) is 18.1. The summed E-state index contributed by atoms with van der Waals surface area (Å²) in [7, 11) is 1.98. The Morgan fingerprint density at radius 3 is 2.74 bits per heavy atom. The molecule has 0 saturated carbocycles. The maximum absolute atomic E-state index is 6.01. The largest absolute Gasteiger partial charge is 0.321 e. The molecule has 0 bridgehead atoms. The van der Waals surface area contributed by atoms with Crippen molar-refractivity contribution in [1.82, 2.24) is 19.8 Å². The first-order valence-corrected chi connectivity index (χ1v) is 7.67. The molecule has 0 amide bonds. The second-order valence-corrected chi connectivity index (χ2v) is 5.87. The van der Waals surface area contributed by atoms with Crippen LogP contribution in [0, 0.1) is 5.92 Å². The zero-order chi connectivity index (χ0) is 13.7. The lowest BCUT2D eigenvalue weighted by Gasteiger charge is -2.31. The Balaban J connectivity index is 1.73. The molecule has 1 aromatic rings. The van der Waals surface area contributed by atoms with Gasteiger partial charge in [0.25, 0.3) is 0 Å². The highest BCUT2D eigenvalue weighted by atomic mass is 35.5. The van der Waals surface area contributed by atoms with Gasteiger partial charge < -0.3 is 9.88 Å². The summed E-state index contributed by atoms with van der Waals surface area (Å²) in [6, 6.07) is 0. The van der Waals surface area contributed by atoms with Crippen molar-refractivity contribution in [3.63, 3.8) is 0 Å². The number of aromatic nitrogens is 2. The van der Waals surface area contributed by atoms with Gasteiger partial charge in [-0.25, -0.2) is 4.98 Å². The molecule has 0 atom stereocenters. The quantitative estimate of drug-likeness (QED) is 0.814. The van der Waals surface area contributed by atoms with Crippen LogP contribution in [0.1, 0.15) is 32.0 Å². The zero-order valence-corrected chi connectivity index (χ0v) is 12.8.